The fraction of sp³-hybridized carbons (Fsp3) is 0.529. The summed E-state index contributed by atoms with van der Waals surface area (Å²) in [6, 6.07) is 4.76. The van der Waals surface area contributed by atoms with Gasteiger partial charge in [0.1, 0.15) is 0 Å². The minimum atomic E-state index is -4.40. The average Bonchev–Trinajstić information content (AvgIpc) is 2.51. The minimum Gasteiger partial charge on any atom is -0.376 e. The van der Waals surface area contributed by atoms with E-state index in [1.165, 1.54) is 31.4 Å². The zero-order valence-electron chi connectivity index (χ0n) is 13.5. The van der Waals surface area contributed by atoms with Crippen molar-refractivity contribution in [3.05, 3.63) is 29.8 Å². The first-order chi connectivity index (χ1) is 11.4. The van der Waals surface area contributed by atoms with Gasteiger partial charge in [-0.1, -0.05) is 25.3 Å². The molecule has 1 aliphatic rings. The van der Waals surface area contributed by atoms with Gasteiger partial charge in [-0.3, -0.25) is 4.79 Å². The first kappa shape index (κ1) is 18.3. The van der Waals surface area contributed by atoms with Crippen molar-refractivity contribution in [3.8, 4) is 0 Å². The van der Waals surface area contributed by atoms with Crippen molar-refractivity contribution in [1.29, 1.82) is 0 Å². The van der Waals surface area contributed by atoms with Crippen LogP contribution in [0.2, 0.25) is 0 Å². The lowest BCUT2D eigenvalue weighted by atomic mass is 9.99. The van der Waals surface area contributed by atoms with E-state index in [0.717, 1.165) is 43.5 Å². The Hall–Kier alpha value is -2.05. The highest BCUT2D eigenvalue weighted by Crippen LogP contribution is 2.30. The third-order valence-electron chi connectivity index (χ3n) is 3.91. The van der Waals surface area contributed by atoms with Crippen molar-refractivity contribution in [3.63, 3.8) is 0 Å². The molecule has 1 saturated carbocycles. The number of hydrazone groups is 1. The Kier molecular flexibility index (Phi) is 6.63. The van der Waals surface area contributed by atoms with Gasteiger partial charge in [0, 0.05) is 11.4 Å². The molecule has 132 valence electrons. The summed E-state index contributed by atoms with van der Waals surface area (Å²) in [6.45, 7) is -0.127. The van der Waals surface area contributed by atoms with Gasteiger partial charge in [-0.15, -0.1) is 0 Å². The van der Waals surface area contributed by atoms with E-state index >= 15 is 0 Å². The van der Waals surface area contributed by atoms with Crippen molar-refractivity contribution in [2.75, 3.05) is 11.9 Å². The molecule has 24 heavy (non-hydrogen) atoms. The summed E-state index contributed by atoms with van der Waals surface area (Å²) in [4.78, 5) is 11.8. The molecular weight excluding hydrogens is 319 g/mol. The summed E-state index contributed by atoms with van der Waals surface area (Å²) in [5, 5.41) is 6.84. The smallest absolute Gasteiger partial charge is 0.376 e. The number of carbonyl (C=O) groups is 1. The SMILES string of the molecule is O=C(CNc1cccc(C(F)(F)F)c1)NN=C1CCCCCCC1. The van der Waals surface area contributed by atoms with E-state index < -0.39 is 11.7 Å². The van der Waals surface area contributed by atoms with Crippen LogP contribution in [-0.2, 0) is 11.0 Å². The Morgan fingerprint density at radius 1 is 1.08 bits per heavy atom. The van der Waals surface area contributed by atoms with Crippen LogP contribution in [0, 0.1) is 0 Å². The van der Waals surface area contributed by atoms with Crippen LogP contribution in [0.5, 0.6) is 0 Å². The average molecular weight is 341 g/mol. The first-order valence-corrected chi connectivity index (χ1v) is 8.20. The summed E-state index contributed by atoms with van der Waals surface area (Å²) >= 11 is 0. The maximum absolute atomic E-state index is 12.6. The fourth-order valence-electron chi connectivity index (χ4n) is 2.59. The number of alkyl halides is 3. The molecule has 0 aliphatic heterocycles. The molecule has 0 aromatic heterocycles. The van der Waals surface area contributed by atoms with E-state index in [-0.39, 0.29) is 18.1 Å². The number of amides is 1. The number of nitrogens with one attached hydrogen (secondary N) is 2. The van der Waals surface area contributed by atoms with Crippen LogP contribution >= 0.6 is 0 Å². The Labute approximate surface area is 139 Å². The molecule has 2 N–H and O–H groups in total. The third kappa shape index (κ3) is 6.22. The predicted octanol–water partition coefficient (Wildman–Crippen LogP) is 4.33. The lowest BCUT2D eigenvalue weighted by Gasteiger charge is -2.12. The van der Waals surface area contributed by atoms with Crippen LogP contribution in [0.1, 0.15) is 50.5 Å². The minimum absolute atomic E-state index is 0.127. The van der Waals surface area contributed by atoms with E-state index in [0.29, 0.717) is 0 Å². The molecule has 0 spiro atoms. The Morgan fingerprint density at radius 2 is 1.75 bits per heavy atom. The molecule has 0 bridgehead atoms. The molecule has 2 rings (SSSR count). The van der Waals surface area contributed by atoms with E-state index in [1.54, 1.807) is 0 Å². The Morgan fingerprint density at radius 3 is 2.42 bits per heavy atom. The third-order valence-corrected chi connectivity index (χ3v) is 3.91. The molecule has 1 aromatic rings. The van der Waals surface area contributed by atoms with Crippen LogP contribution < -0.4 is 10.7 Å². The molecule has 0 saturated heterocycles. The molecule has 1 amide bonds. The second-order valence-electron chi connectivity index (χ2n) is 5.91. The van der Waals surface area contributed by atoms with Gasteiger partial charge >= 0.3 is 6.18 Å². The number of anilines is 1. The lowest BCUT2D eigenvalue weighted by Crippen LogP contribution is -2.27. The second-order valence-corrected chi connectivity index (χ2v) is 5.91. The highest BCUT2D eigenvalue weighted by Gasteiger charge is 2.30. The van der Waals surface area contributed by atoms with E-state index in [1.807, 2.05) is 0 Å². The number of carbonyl (C=O) groups excluding carboxylic acids is 1. The Balaban J connectivity index is 1.82. The Bertz CT molecular complexity index is 575. The van der Waals surface area contributed by atoms with Crippen LogP contribution in [-0.4, -0.2) is 18.2 Å². The number of hydrogen-bond donors (Lipinski definition) is 2. The second kappa shape index (κ2) is 8.70. The van der Waals surface area contributed by atoms with Gasteiger partial charge in [0.25, 0.3) is 5.91 Å². The van der Waals surface area contributed by atoms with Gasteiger partial charge in [0.15, 0.2) is 0 Å². The van der Waals surface area contributed by atoms with E-state index in [4.69, 9.17) is 0 Å². The topological polar surface area (TPSA) is 53.5 Å². The predicted molar refractivity (Wildman–Crippen MR) is 87.8 cm³/mol. The van der Waals surface area contributed by atoms with Gasteiger partial charge in [-0.25, -0.2) is 5.43 Å². The van der Waals surface area contributed by atoms with Gasteiger partial charge < -0.3 is 5.32 Å². The highest BCUT2D eigenvalue weighted by molar-refractivity contribution is 5.87. The quantitative estimate of drug-likeness (QED) is 0.801. The van der Waals surface area contributed by atoms with Crippen LogP contribution in [0.4, 0.5) is 18.9 Å². The molecule has 7 heteroatoms. The molecular formula is C17H22F3N3O. The molecule has 1 aliphatic carbocycles. The van der Waals surface area contributed by atoms with Gasteiger partial charge in [-0.2, -0.15) is 18.3 Å². The number of hydrogen-bond acceptors (Lipinski definition) is 3. The summed E-state index contributed by atoms with van der Waals surface area (Å²) in [7, 11) is 0. The molecule has 0 heterocycles. The summed E-state index contributed by atoms with van der Waals surface area (Å²) in [5.74, 6) is -0.373. The zero-order chi connectivity index (χ0) is 17.4. The van der Waals surface area contributed by atoms with Gasteiger partial charge in [0.05, 0.1) is 12.1 Å². The summed E-state index contributed by atoms with van der Waals surface area (Å²) in [6.07, 6.45) is 3.16. The van der Waals surface area contributed by atoms with Gasteiger partial charge in [-0.05, 0) is 43.9 Å². The van der Waals surface area contributed by atoms with Crippen molar-refractivity contribution in [2.45, 2.75) is 51.1 Å². The zero-order valence-corrected chi connectivity index (χ0v) is 13.5. The lowest BCUT2D eigenvalue weighted by molar-refractivity contribution is -0.137. The van der Waals surface area contributed by atoms with Crippen molar-refractivity contribution in [1.82, 2.24) is 5.43 Å². The molecule has 4 nitrogen and oxygen atoms in total. The molecule has 0 radical (unpaired) electrons. The van der Waals surface area contributed by atoms with E-state index in [9.17, 15) is 18.0 Å². The number of nitrogens with zero attached hydrogens (tertiary/aromatic N) is 1. The molecule has 1 fully saturated rings. The van der Waals surface area contributed by atoms with Gasteiger partial charge in [0.2, 0.25) is 0 Å². The molecule has 1 aromatic carbocycles. The fourth-order valence-corrected chi connectivity index (χ4v) is 2.59. The summed E-state index contributed by atoms with van der Waals surface area (Å²) < 4.78 is 37.9. The van der Waals surface area contributed by atoms with Crippen LogP contribution in [0.25, 0.3) is 0 Å². The van der Waals surface area contributed by atoms with Crippen molar-refractivity contribution < 1.29 is 18.0 Å². The van der Waals surface area contributed by atoms with Crippen molar-refractivity contribution in [2.24, 2.45) is 5.10 Å². The molecule has 0 unspecified atom stereocenters. The van der Waals surface area contributed by atoms with Crippen molar-refractivity contribution >= 4 is 17.3 Å². The highest BCUT2D eigenvalue weighted by atomic mass is 19.4. The molecule has 0 atom stereocenters. The largest absolute Gasteiger partial charge is 0.416 e. The van der Waals surface area contributed by atoms with Crippen LogP contribution in [0.15, 0.2) is 29.4 Å². The summed E-state index contributed by atoms with van der Waals surface area (Å²) in [5.41, 5.74) is 2.97. The normalized spacial score (nSPS) is 16.0. The van der Waals surface area contributed by atoms with E-state index in [2.05, 4.69) is 15.8 Å². The monoisotopic (exact) mass is 341 g/mol. The standard InChI is InChI=1S/C17H22F3N3O/c18-17(19,20)13-7-6-10-15(11-13)21-12-16(24)23-22-14-8-4-2-1-3-5-9-14/h6-7,10-11,21H,1-5,8-9,12H2,(H,23,24). The number of rotatable bonds is 4. The van der Waals surface area contributed by atoms with Crippen LogP contribution in [0.3, 0.4) is 0 Å². The first-order valence-electron chi connectivity index (χ1n) is 8.20. The number of halogens is 3. The maximum Gasteiger partial charge on any atom is 0.416 e. The maximum atomic E-state index is 12.6. The number of benzene rings is 1.